The van der Waals surface area contributed by atoms with Gasteiger partial charge in [-0.3, -0.25) is 9.59 Å². The van der Waals surface area contributed by atoms with E-state index in [1.54, 1.807) is 6.07 Å². The van der Waals surface area contributed by atoms with Gasteiger partial charge < -0.3 is 15.1 Å². The van der Waals surface area contributed by atoms with Crippen molar-refractivity contribution in [3.63, 3.8) is 0 Å². The second-order valence-corrected chi connectivity index (χ2v) is 4.59. The van der Waals surface area contributed by atoms with Gasteiger partial charge in [-0.05, 0) is 35.9 Å². The molecule has 0 aliphatic rings. The van der Waals surface area contributed by atoms with Crippen molar-refractivity contribution in [2.24, 2.45) is 0 Å². The summed E-state index contributed by atoms with van der Waals surface area (Å²) in [6.07, 6.45) is 1.31. The van der Waals surface area contributed by atoms with E-state index in [0.29, 0.717) is 10.7 Å². The molecule has 5 nitrogen and oxygen atoms in total. The molecule has 0 fully saturated rings. The van der Waals surface area contributed by atoms with Gasteiger partial charge in [-0.2, -0.15) is 0 Å². The summed E-state index contributed by atoms with van der Waals surface area (Å²) in [6.45, 7) is 0. The maximum Gasteiger partial charge on any atom is 0.260 e. The number of hydrogen-bond donors (Lipinski definition) is 2. The molecule has 2 aromatic rings. The second-order valence-electron chi connectivity index (χ2n) is 3.84. The molecule has 2 rings (SSSR count). The Kier molecular flexibility index (Phi) is 4.32. The summed E-state index contributed by atoms with van der Waals surface area (Å²) in [5.41, 5.74) is 0.906. The lowest BCUT2D eigenvalue weighted by molar-refractivity contribution is 0.0961. The lowest BCUT2D eigenvalue weighted by Crippen LogP contribution is -2.19. The van der Waals surface area contributed by atoms with Crippen LogP contribution < -0.4 is 10.6 Å². The molecule has 0 aliphatic heterocycles. The molecule has 2 N–H and O–H groups in total. The Labute approximate surface area is 124 Å². The van der Waals surface area contributed by atoms with E-state index < -0.39 is 5.91 Å². The summed E-state index contributed by atoms with van der Waals surface area (Å²) in [5, 5.41) is 5.37. The van der Waals surface area contributed by atoms with Gasteiger partial charge >= 0.3 is 0 Å². The van der Waals surface area contributed by atoms with Gasteiger partial charge in [-0.25, -0.2) is 0 Å². The van der Waals surface area contributed by atoms with Crippen molar-refractivity contribution in [1.29, 1.82) is 0 Å². The minimum Gasteiger partial charge on any atom is -0.452 e. The maximum atomic E-state index is 11.9. The molecule has 1 aromatic carbocycles. The third-order valence-corrected chi connectivity index (χ3v) is 3.18. The van der Waals surface area contributed by atoms with E-state index in [2.05, 4.69) is 10.6 Å². The Morgan fingerprint density at radius 3 is 2.45 bits per heavy atom. The van der Waals surface area contributed by atoms with Gasteiger partial charge in [-0.15, -0.1) is 0 Å². The minimum absolute atomic E-state index is 0.00277. The van der Waals surface area contributed by atoms with Gasteiger partial charge in [0, 0.05) is 12.7 Å². The number of halogens is 2. The van der Waals surface area contributed by atoms with Crippen molar-refractivity contribution in [3.8, 4) is 0 Å². The third kappa shape index (κ3) is 2.95. The molecule has 1 heterocycles. The first-order valence-electron chi connectivity index (χ1n) is 5.59. The molecule has 104 valence electrons. The van der Waals surface area contributed by atoms with E-state index in [1.807, 2.05) is 0 Å². The largest absolute Gasteiger partial charge is 0.452 e. The molecular weight excluding hydrogens is 303 g/mol. The summed E-state index contributed by atoms with van der Waals surface area (Å²) < 4.78 is 4.84. The molecule has 0 radical (unpaired) electrons. The lowest BCUT2D eigenvalue weighted by atomic mass is 10.2. The molecule has 0 atom stereocenters. The van der Waals surface area contributed by atoms with Gasteiger partial charge in [0.25, 0.3) is 11.8 Å². The van der Waals surface area contributed by atoms with Crippen molar-refractivity contribution in [2.75, 3.05) is 12.4 Å². The van der Waals surface area contributed by atoms with Crippen LogP contribution in [-0.2, 0) is 0 Å². The van der Waals surface area contributed by atoms with Gasteiger partial charge in [0.05, 0.1) is 22.4 Å². The fourth-order valence-corrected chi connectivity index (χ4v) is 1.97. The van der Waals surface area contributed by atoms with Crippen molar-refractivity contribution >= 4 is 40.7 Å². The number of anilines is 1. The second kappa shape index (κ2) is 5.98. The van der Waals surface area contributed by atoms with Crippen LogP contribution >= 0.6 is 23.2 Å². The van der Waals surface area contributed by atoms with Crippen LogP contribution in [0.4, 0.5) is 5.69 Å². The Balaban J connectivity index is 2.24. The molecule has 1 aromatic heterocycles. The van der Waals surface area contributed by atoms with E-state index in [9.17, 15) is 9.59 Å². The number of carbonyl (C=O) groups excluding carboxylic acids is 2. The Hall–Kier alpha value is -1.98. The van der Waals surface area contributed by atoms with Crippen LogP contribution in [0.3, 0.4) is 0 Å². The molecule has 0 saturated heterocycles. The lowest BCUT2D eigenvalue weighted by Gasteiger charge is -2.08. The Morgan fingerprint density at radius 1 is 1.10 bits per heavy atom. The smallest absolute Gasteiger partial charge is 0.260 e. The van der Waals surface area contributed by atoms with E-state index in [1.165, 1.54) is 31.5 Å². The van der Waals surface area contributed by atoms with Crippen molar-refractivity contribution in [2.45, 2.75) is 0 Å². The van der Waals surface area contributed by atoms with E-state index in [0.717, 1.165) is 0 Å². The third-order valence-electron chi connectivity index (χ3n) is 2.56. The molecule has 0 bridgehead atoms. The number of benzene rings is 1. The summed E-state index contributed by atoms with van der Waals surface area (Å²) in [7, 11) is 1.50. The number of furan rings is 1. The monoisotopic (exact) mass is 312 g/mol. The van der Waals surface area contributed by atoms with Crippen LogP contribution in [-0.4, -0.2) is 18.9 Å². The first-order valence-corrected chi connectivity index (χ1v) is 6.34. The quantitative estimate of drug-likeness (QED) is 0.914. The summed E-state index contributed by atoms with van der Waals surface area (Å²) in [4.78, 5) is 23.6. The summed E-state index contributed by atoms with van der Waals surface area (Å²) in [5.74, 6) is -0.777. The molecule has 0 spiro atoms. The fraction of sp³-hybridized carbons (Fsp3) is 0.0769. The Bertz CT molecular complexity index is 667. The number of nitrogens with one attached hydrogen (secondary N) is 2. The average molecular weight is 313 g/mol. The van der Waals surface area contributed by atoms with E-state index in [4.69, 9.17) is 27.6 Å². The molecule has 20 heavy (non-hydrogen) atoms. The highest BCUT2D eigenvalue weighted by molar-refractivity contribution is 6.34. The van der Waals surface area contributed by atoms with E-state index in [-0.39, 0.29) is 22.3 Å². The van der Waals surface area contributed by atoms with Crippen molar-refractivity contribution in [3.05, 3.63) is 51.9 Å². The predicted molar refractivity (Wildman–Crippen MR) is 76.5 cm³/mol. The number of rotatable bonds is 3. The number of carbonyl (C=O) groups is 2. The molecule has 7 heteroatoms. The number of hydrogen-bond acceptors (Lipinski definition) is 3. The standard InChI is InChI=1S/C13H10Cl2N2O3/c1-16-12(18)9-6-7(2-3-10(9)14)17-13(19)8-4-5-20-11(8)15/h2-6H,1H3,(H,16,18)(H,17,19). The number of amides is 2. The summed E-state index contributed by atoms with van der Waals surface area (Å²) >= 11 is 11.6. The summed E-state index contributed by atoms with van der Waals surface area (Å²) in [6, 6.07) is 6.04. The highest BCUT2D eigenvalue weighted by Crippen LogP contribution is 2.22. The Morgan fingerprint density at radius 2 is 1.85 bits per heavy atom. The average Bonchev–Trinajstić information content (AvgIpc) is 2.86. The van der Waals surface area contributed by atoms with Gasteiger partial charge in [0.2, 0.25) is 5.22 Å². The molecule has 0 saturated carbocycles. The van der Waals surface area contributed by atoms with Crippen LogP contribution in [0.25, 0.3) is 0 Å². The minimum atomic E-state index is -0.436. The fourth-order valence-electron chi connectivity index (χ4n) is 1.57. The predicted octanol–water partition coefficient (Wildman–Crippen LogP) is 3.20. The zero-order valence-corrected chi connectivity index (χ0v) is 11.9. The topological polar surface area (TPSA) is 71.3 Å². The molecule has 0 unspecified atom stereocenters. The first-order chi connectivity index (χ1) is 9.52. The molecular formula is C13H10Cl2N2O3. The normalized spacial score (nSPS) is 10.2. The zero-order chi connectivity index (χ0) is 14.7. The van der Waals surface area contributed by atoms with Crippen LogP contribution in [0.15, 0.2) is 34.9 Å². The van der Waals surface area contributed by atoms with Crippen LogP contribution in [0.1, 0.15) is 20.7 Å². The van der Waals surface area contributed by atoms with Crippen LogP contribution in [0, 0.1) is 0 Å². The van der Waals surface area contributed by atoms with Crippen molar-refractivity contribution < 1.29 is 14.0 Å². The van der Waals surface area contributed by atoms with E-state index >= 15 is 0 Å². The van der Waals surface area contributed by atoms with Gasteiger partial charge in [0.15, 0.2) is 0 Å². The maximum absolute atomic E-state index is 11.9. The van der Waals surface area contributed by atoms with Crippen LogP contribution in [0.5, 0.6) is 0 Å². The highest BCUT2D eigenvalue weighted by Gasteiger charge is 2.15. The van der Waals surface area contributed by atoms with Gasteiger partial charge in [0.1, 0.15) is 0 Å². The van der Waals surface area contributed by atoms with Gasteiger partial charge in [-0.1, -0.05) is 11.6 Å². The highest BCUT2D eigenvalue weighted by atomic mass is 35.5. The van der Waals surface area contributed by atoms with Crippen LogP contribution in [0.2, 0.25) is 10.2 Å². The molecule has 0 aliphatic carbocycles. The van der Waals surface area contributed by atoms with Crippen molar-refractivity contribution in [1.82, 2.24) is 5.32 Å². The first kappa shape index (κ1) is 14.4. The zero-order valence-electron chi connectivity index (χ0n) is 10.4. The SMILES string of the molecule is CNC(=O)c1cc(NC(=O)c2ccoc2Cl)ccc1Cl. The molecule has 2 amide bonds.